The third-order valence-corrected chi connectivity index (χ3v) is 6.51. The van der Waals surface area contributed by atoms with Gasteiger partial charge in [-0.05, 0) is 42.0 Å². The second kappa shape index (κ2) is 8.86. The lowest BCUT2D eigenvalue weighted by molar-refractivity contribution is -0.136. The van der Waals surface area contributed by atoms with Gasteiger partial charge in [0.25, 0.3) is 0 Å². The molecule has 164 valence electrons. The molecule has 0 saturated heterocycles. The van der Waals surface area contributed by atoms with Crippen LogP contribution in [0.4, 0.5) is 4.79 Å². The summed E-state index contributed by atoms with van der Waals surface area (Å²) in [5.74, 6) is -1.51. The van der Waals surface area contributed by atoms with E-state index in [2.05, 4.69) is 10.6 Å². The first-order chi connectivity index (χ1) is 14.7. The van der Waals surface area contributed by atoms with Gasteiger partial charge in [-0.1, -0.05) is 17.7 Å². The third-order valence-electron chi connectivity index (χ3n) is 4.60. The minimum atomic E-state index is -3.93. The number of phenolic OH excluding ortho intramolecular Hbond substituents is 1. The number of hydrogen-bond acceptors (Lipinski definition) is 7. The summed E-state index contributed by atoms with van der Waals surface area (Å²) in [6, 6.07) is 8.02. The van der Waals surface area contributed by atoms with Gasteiger partial charge >= 0.3 is 12.0 Å². The van der Waals surface area contributed by atoms with Crippen molar-refractivity contribution in [1.29, 1.82) is 0 Å². The van der Waals surface area contributed by atoms with Gasteiger partial charge in [0, 0.05) is 10.7 Å². The van der Waals surface area contributed by atoms with Crippen LogP contribution in [0.15, 0.2) is 58.6 Å². The SMILES string of the molecule is COC(=O)C1=C(CS(=O)(=O)c2ccc(Cl)cc2)NC(=O)N[C@H]1c1ccc(O)c(OC)c1. The highest BCUT2D eigenvalue weighted by Gasteiger charge is 2.35. The summed E-state index contributed by atoms with van der Waals surface area (Å²) in [4.78, 5) is 24.9. The van der Waals surface area contributed by atoms with E-state index in [0.29, 0.717) is 10.6 Å². The Hall–Kier alpha value is -3.24. The second-order valence-electron chi connectivity index (χ2n) is 6.56. The Bertz CT molecular complexity index is 1160. The number of aromatic hydroxyl groups is 1. The van der Waals surface area contributed by atoms with E-state index in [9.17, 15) is 23.1 Å². The average Bonchev–Trinajstić information content (AvgIpc) is 2.73. The van der Waals surface area contributed by atoms with Crippen LogP contribution in [0.2, 0.25) is 5.02 Å². The molecule has 11 heteroatoms. The van der Waals surface area contributed by atoms with E-state index >= 15 is 0 Å². The number of sulfone groups is 1. The van der Waals surface area contributed by atoms with Gasteiger partial charge < -0.3 is 25.2 Å². The summed E-state index contributed by atoms with van der Waals surface area (Å²) in [5.41, 5.74) is 0.168. The van der Waals surface area contributed by atoms with Crippen molar-refractivity contribution in [2.24, 2.45) is 0 Å². The van der Waals surface area contributed by atoms with Crippen LogP contribution in [0.5, 0.6) is 11.5 Å². The molecular formula is C20H19ClN2O7S. The van der Waals surface area contributed by atoms with Gasteiger partial charge in [0.05, 0.1) is 36.5 Å². The van der Waals surface area contributed by atoms with E-state index < -0.39 is 33.6 Å². The summed E-state index contributed by atoms with van der Waals surface area (Å²) >= 11 is 5.82. The molecule has 1 heterocycles. The lowest BCUT2D eigenvalue weighted by Crippen LogP contribution is -2.47. The maximum Gasteiger partial charge on any atom is 0.338 e. The molecule has 2 amide bonds. The predicted molar refractivity (Wildman–Crippen MR) is 112 cm³/mol. The molecule has 31 heavy (non-hydrogen) atoms. The molecular weight excluding hydrogens is 448 g/mol. The number of urea groups is 1. The highest BCUT2D eigenvalue weighted by molar-refractivity contribution is 7.91. The summed E-state index contributed by atoms with van der Waals surface area (Å²) in [6.45, 7) is 0. The molecule has 0 unspecified atom stereocenters. The largest absolute Gasteiger partial charge is 0.504 e. The van der Waals surface area contributed by atoms with Crippen LogP contribution in [-0.4, -0.2) is 45.5 Å². The standard InChI is InChI=1S/C20H19ClN2O7S/c1-29-16-9-11(3-8-15(16)24)18-17(19(25)30-2)14(22-20(26)23-18)10-31(27,28)13-6-4-12(21)5-7-13/h3-9,18,24H,10H2,1-2H3,(H2,22,23,26)/t18-/m0/s1. The maximum absolute atomic E-state index is 12.9. The minimum absolute atomic E-state index is 0.0238. The van der Waals surface area contributed by atoms with Crippen LogP contribution in [0, 0.1) is 0 Å². The van der Waals surface area contributed by atoms with E-state index in [0.717, 1.165) is 7.11 Å². The van der Waals surface area contributed by atoms with Gasteiger partial charge in [0.1, 0.15) is 0 Å². The number of halogens is 1. The quantitative estimate of drug-likeness (QED) is 0.556. The van der Waals surface area contributed by atoms with E-state index in [-0.39, 0.29) is 27.7 Å². The maximum atomic E-state index is 12.9. The summed E-state index contributed by atoms with van der Waals surface area (Å²) in [6.07, 6.45) is 0. The molecule has 0 radical (unpaired) electrons. The Labute approximate surface area is 183 Å². The van der Waals surface area contributed by atoms with Crippen LogP contribution in [-0.2, 0) is 19.4 Å². The molecule has 1 aliphatic rings. The predicted octanol–water partition coefficient (Wildman–Crippen LogP) is 2.31. The number of nitrogens with one attached hydrogen (secondary N) is 2. The number of amides is 2. The van der Waals surface area contributed by atoms with E-state index in [1.165, 1.54) is 49.6 Å². The smallest absolute Gasteiger partial charge is 0.338 e. The van der Waals surface area contributed by atoms with Crippen LogP contribution >= 0.6 is 11.6 Å². The molecule has 0 bridgehead atoms. The zero-order valence-electron chi connectivity index (χ0n) is 16.5. The zero-order valence-corrected chi connectivity index (χ0v) is 18.1. The van der Waals surface area contributed by atoms with E-state index in [1.807, 2.05) is 0 Å². The van der Waals surface area contributed by atoms with Crippen molar-refractivity contribution >= 4 is 33.4 Å². The van der Waals surface area contributed by atoms with Crippen molar-refractivity contribution in [3.05, 3.63) is 64.3 Å². The van der Waals surface area contributed by atoms with Crippen LogP contribution in [0.25, 0.3) is 0 Å². The first-order valence-electron chi connectivity index (χ1n) is 8.90. The van der Waals surface area contributed by atoms with Crippen molar-refractivity contribution in [2.75, 3.05) is 20.0 Å². The number of ether oxygens (including phenoxy) is 2. The average molecular weight is 467 g/mol. The van der Waals surface area contributed by atoms with Gasteiger partial charge in [0.2, 0.25) is 0 Å². The number of hydrogen-bond donors (Lipinski definition) is 3. The summed E-state index contributed by atoms with van der Waals surface area (Å²) in [7, 11) is -1.44. The Kier molecular flexibility index (Phi) is 6.42. The fourth-order valence-electron chi connectivity index (χ4n) is 3.12. The number of methoxy groups -OCH3 is 2. The first-order valence-corrected chi connectivity index (χ1v) is 10.9. The number of rotatable bonds is 6. The van der Waals surface area contributed by atoms with E-state index in [4.69, 9.17) is 21.1 Å². The fraction of sp³-hybridized carbons (Fsp3) is 0.200. The highest BCUT2D eigenvalue weighted by Crippen LogP contribution is 2.34. The first kappa shape index (κ1) is 22.4. The van der Waals surface area contributed by atoms with Gasteiger partial charge in [0.15, 0.2) is 21.3 Å². The topological polar surface area (TPSA) is 131 Å². The third kappa shape index (κ3) is 4.75. The van der Waals surface area contributed by atoms with Crippen LogP contribution in [0.1, 0.15) is 11.6 Å². The van der Waals surface area contributed by atoms with Crippen molar-refractivity contribution in [2.45, 2.75) is 10.9 Å². The Morgan fingerprint density at radius 3 is 2.45 bits per heavy atom. The second-order valence-corrected chi connectivity index (χ2v) is 8.99. The van der Waals surface area contributed by atoms with Crippen molar-refractivity contribution < 1.29 is 32.6 Å². The number of benzene rings is 2. The summed E-state index contributed by atoms with van der Waals surface area (Å²) < 4.78 is 35.7. The summed E-state index contributed by atoms with van der Waals surface area (Å²) in [5, 5.41) is 15.2. The van der Waals surface area contributed by atoms with Crippen molar-refractivity contribution in [3.8, 4) is 11.5 Å². The minimum Gasteiger partial charge on any atom is -0.504 e. The molecule has 3 rings (SSSR count). The molecule has 1 aliphatic heterocycles. The van der Waals surface area contributed by atoms with Gasteiger partial charge in [-0.3, -0.25) is 0 Å². The molecule has 0 aromatic heterocycles. The molecule has 0 spiro atoms. The van der Waals surface area contributed by atoms with E-state index in [1.54, 1.807) is 0 Å². The van der Waals surface area contributed by atoms with Crippen LogP contribution in [0.3, 0.4) is 0 Å². The molecule has 0 fully saturated rings. The molecule has 0 aliphatic carbocycles. The Morgan fingerprint density at radius 2 is 1.84 bits per heavy atom. The Balaban J connectivity index is 2.11. The number of carbonyl (C=O) groups excluding carboxylic acids is 2. The van der Waals surface area contributed by atoms with Gasteiger partial charge in [-0.15, -0.1) is 0 Å². The molecule has 0 saturated carbocycles. The van der Waals surface area contributed by atoms with Gasteiger partial charge in [-0.25, -0.2) is 18.0 Å². The molecule has 9 nitrogen and oxygen atoms in total. The Morgan fingerprint density at radius 1 is 1.16 bits per heavy atom. The van der Waals surface area contributed by atoms with Crippen molar-refractivity contribution in [1.82, 2.24) is 10.6 Å². The molecule has 3 N–H and O–H groups in total. The monoisotopic (exact) mass is 466 g/mol. The number of carbonyl (C=O) groups is 2. The molecule has 2 aromatic carbocycles. The number of esters is 1. The number of phenols is 1. The van der Waals surface area contributed by atoms with Gasteiger partial charge in [-0.2, -0.15) is 0 Å². The molecule has 1 atom stereocenters. The zero-order chi connectivity index (χ0) is 22.8. The molecule has 2 aromatic rings. The van der Waals surface area contributed by atoms with Crippen molar-refractivity contribution in [3.63, 3.8) is 0 Å². The highest BCUT2D eigenvalue weighted by atomic mass is 35.5. The fourth-order valence-corrected chi connectivity index (χ4v) is 4.57. The lowest BCUT2D eigenvalue weighted by atomic mass is 9.95. The normalized spacial score (nSPS) is 16.4. The van der Waals surface area contributed by atoms with Crippen LogP contribution < -0.4 is 15.4 Å². The lowest BCUT2D eigenvalue weighted by Gasteiger charge is -2.29.